The summed E-state index contributed by atoms with van der Waals surface area (Å²) < 4.78 is 0. The predicted molar refractivity (Wildman–Crippen MR) is 35.2 cm³/mol. The minimum absolute atomic E-state index is 0.00926. The van der Waals surface area contributed by atoms with Gasteiger partial charge < -0.3 is 21.1 Å². The molecule has 1 fully saturated rings. The lowest BCUT2D eigenvalue weighted by Gasteiger charge is -2.29. The van der Waals surface area contributed by atoms with E-state index in [1.165, 1.54) is 0 Å². The van der Waals surface area contributed by atoms with Crippen LogP contribution in [0.2, 0.25) is 0 Å². The van der Waals surface area contributed by atoms with E-state index in [1.54, 1.807) is 0 Å². The second-order valence-electron chi connectivity index (χ2n) is 2.89. The molecular formula is C6H11NO4. The van der Waals surface area contributed by atoms with Crippen LogP contribution >= 0.6 is 0 Å². The van der Waals surface area contributed by atoms with Gasteiger partial charge in [0.1, 0.15) is 0 Å². The van der Waals surface area contributed by atoms with Crippen molar-refractivity contribution in [3.63, 3.8) is 0 Å². The summed E-state index contributed by atoms with van der Waals surface area (Å²) in [6.07, 6.45) is 0.369. The van der Waals surface area contributed by atoms with Crippen molar-refractivity contribution >= 4 is 5.91 Å². The van der Waals surface area contributed by atoms with Crippen molar-refractivity contribution in [3.8, 4) is 0 Å². The first-order chi connectivity index (χ1) is 4.90. The van der Waals surface area contributed by atoms with E-state index in [-0.39, 0.29) is 12.8 Å². The maximum absolute atomic E-state index is 10.6. The lowest BCUT2D eigenvalue weighted by atomic mass is 9.96. The van der Waals surface area contributed by atoms with Crippen molar-refractivity contribution in [3.05, 3.63) is 0 Å². The zero-order chi connectivity index (χ0) is 8.70. The number of nitrogens with two attached hydrogens (primary N) is 1. The van der Waals surface area contributed by atoms with Crippen LogP contribution in [0, 0.1) is 0 Å². The molecule has 5 heteroatoms. The van der Waals surface area contributed by atoms with Crippen LogP contribution in [0.25, 0.3) is 0 Å². The molecule has 0 bridgehead atoms. The molecule has 1 aliphatic carbocycles. The quantitative estimate of drug-likeness (QED) is 0.336. The number of hydrogen-bond donors (Lipinski definition) is 4. The Morgan fingerprint density at radius 3 is 2.00 bits per heavy atom. The smallest absolute Gasteiger partial charge is 0.255 e. The molecule has 5 N–H and O–H groups in total. The second-order valence-corrected chi connectivity index (χ2v) is 2.89. The topological polar surface area (TPSA) is 104 Å². The van der Waals surface area contributed by atoms with Gasteiger partial charge in [-0.15, -0.1) is 0 Å². The Kier molecular flexibility index (Phi) is 1.66. The zero-order valence-electron chi connectivity index (χ0n) is 5.95. The first-order valence-electron chi connectivity index (χ1n) is 3.37. The summed E-state index contributed by atoms with van der Waals surface area (Å²) in [5, 5.41) is 27.5. The van der Waals surface area contributed by atoms with Gasteiger partial charge in [-0.1, -0.05) is 0 Å². The first kappa shape index (κ1) is 8.45. The molecule has 0 aromatic heterocycles. The van der Waals surface area contributed by atoms with Crippen LogP contribution in [0.1, 0.15) is 19.3 Å². The largest absolute Gasteiger partial charge is 0.375 e. The fraction of sp³-hybridized carbons (Fsp3) is 0.833. The molecule has 0 spiro atoms. The summed E-state index contributed by atoms with van der Waals surface area (Å²) in [6, 6.07) is 0. The molecule has 0 heterocycles. The lowest BCUT2D eigenvalue weighted by molar-refractivity contribution is -0.248. The number of carbonyl (C=O) groups is 1. The molecule has 1 amide bonds. The molecule has 0 aromatic carbocycles. The molecule has 5 nitrogen and oxygen atoms in total. The molecule has 1 atom stereocenters. The van der Waals surface area contributed by atoms with E-state index in [9.17, 15) is 9.90 Å². The minimum Gasteiger partial charge on any atom is -0.375 e. The Balaban J connectivity index is 2.93. The van der Waals surface area contributed by atoms with Crippen LogP contribution < -0.4 is 5.73 Å². The first-order valence-corrected chi connectivity index (χ1v) is 3.37. The highest BCUT2D eigenvalue weighted by Crippen LogP contribution is 2.36. The van der Waals surface area contributed by atoms with Gasteiger partial charge in [-0.25, -0.2) is 0 Å². The maximum atomic E-state index is 10.6. The maximum Gasteiger partial charge on any atom is 0.255 e. The fourth-order valence-corrected chi connectivity index (χ4v) is 1.32. The van der Waals surface area contributed by atoms with E-state index in [0.717, 1.165) is 0 Å². The van der Waals surface area contributed by atoms with Crippen molar-refractivity contribution in [2.45, 2.75) is 30.7 Å². The predicted octanol–water partition coefficient (Wildman–Crippen LogP) is -1.93. The lowest BCUT2D eigenvalue weighted by Crippen LogP contribution is -2.58. The minimum atomic E-state index is -2.35. The Morgan fingerprint density at radius 2 is 1.82 bits per heavy atom. The van der Waals surface area contributed by atoms with Crippen LogP contribution in [-0.2, 0) is 4.79 Å². The summed E-state index contributed by atoms with van der Waals surface area (Å²) >= 11 is 0. The third-order valence-corrected chi connectivity index (χ3v) is 2.13. The van der Waals surface area contributed by atoms with Crippen LogP contribution in [0.4, 0.5) is 0 Å². The summed E-state index contributed by atoms with van der Waals surface area (Å²) in [6.45, 7) is 0. The van der Waals surface area contributed by atoms with Gasteiger partial charge in [0.2, 0.25) is 5.79 Å². The SMILES string of the molecule is NC(=O)C1(O)CCCC1(O)O. The average molecular weight is 161 g/mol. The molecular weight excluding hydrogens is 150 g/mol. The zero-order valence-corrected chi connectivity index (χ0v) is 5.95. The summed E-state index contributed by atoms with van der Waals surface area (Å²) in [7, 11) is 0. The second kappa shape index (κ2) is 2.17. The van der Waals surface area contributed by atoms with E-state index >= 15 is 0 Å². The van der Waals surface area contributed by atoms with Crippen LogP contribution in [0.15, 0.2) is 0 Å². The standard InChI is InChI=1S/C6H11NO4/c7-4(8)5(9)2-1-3-6(5,10)11/h9-11H,1-3H2,(H2,7,8). The van der Waals surface area contributed by atoms with Crippen LogP contribution in [0.3, 0.4) is 0 Å². The van der Waals surface area contributed by atoms with Crippen molar-refractivity contribution < 1.29 is 20.1 Å². The third-order valence-electron chi connectivity index (χ3n) is 2.13. The normalized spacial score (nSPS) is 35.5. The fourth-order valence-electron chi connectivity index (χ4n) is 1.32. The third kappa shape index (κ3) is 1.01. The van der Waals surface area contributed by atoms with Crippen molar-refractivity contribution in [1.29, 1.82) is 0 Å². The van der Waals surface area contributed by atoms with Gasteiger partial charge in [0.05, 0.1) is 0 Å². The van der Waals surface area contributed by atoms with E-state index in [1.807, 2.05) is 0 Å². The van der Waals surface area contributed by atoms with Crippen molar-refractivity contribution in [2.24, 2.45) is 5.73 Å². The Morgan fingerprint density at radius 1 is 1.27 bits per heavy atom. The Bertz CT molecular complexity index is 191. The number of carbonyl (C=O) groups excluding carboxylic acids is 1. The van der Waals surface area contributed by atoms with Gasteiger partial charge in [0, 0.05) is 6.42 Å². The Labute approximate surface area is 63.4 Å². The number of amides is 1. The Hall–Kier alpha value is -0.650. The van der Waals surface area contributed by atoms with Crippen molar-refractivity contribution in [2.75, 3.05) is 0 Å². The van der Waals surface area contributed by atoms with Gasteiger partial charge in [-0.05, 0) is 12.8 Å². The highest BCUT2D eigenvalue weighted by atomic mass is 16.5. The highest BCUT2D eigenvalue weighted by Gasteiger charge is 2.56. The molecule has 1 unspecified atom stereocenters. The van der Waals surface area contributed by atoms with Gasteiger partial charge in [-0.2, -0.15) is 0 Å². The summed E-state index contributed by atoms with van der Waals surface area (Å²) in [5.74, 6) is -3.43. The molecule has 64 valence electrons. The number of rotatable bonds is 1. The molecule has 1 aliphatic rings. The molecule has 0 saturated heterocycles. The molecule has 0 aromatic rings. The van der Waals surface area contributed by atoms with E-state index in [4.69, 9.17) is 15.9 Å². The molecule has 0 aliphatic heterocycles. The van der Waals surface area contributed by atoms with Crippen LogP contribution in [0.5, 0.6) is 0 Å². The summed E-state index contributed by atoms with van der Waals surface area (Å²) in [4.78, 5) is 10.6. The van der Waals surface area contributed by atoms with E-state index < -0.39 is 17.3 Å². The number of primary amides is 1. The molecule has 0 radical (unpaired) electrons. The highest BCUT2D eigenvalue weighted by molar-refractivity contribution is 5.84. The molecule has 11 heavy (non-hydrogen) atoms. The molecule has 1 saturated carbocycles. The number of aliphatic hydroxyl groups is 3. The van der Waals surface area contributed by atoms with Crippen molar-refractivity contribution in [1.82, 2.24) is 0 Å². The summed E-state index contributed by atoms with van der Waals surface area (Å²) in [5.41, 5.74) is 2.64. The molecule has 1 rings (SSSR count). The van der Waals surface area contributed by atoms with Crippen LogP contribution in [-0.4, -0.2) is 32.6 Å². The number of hydrogen-bond acceptors (Lipinski definition) is 4. The van der Waals surface area contributed by atoms with Gasteiger partial charge in [0.15, 0.2) is 5.60 Å². The van der Waals surface area contributed by atoms with Gasteiger partial charge in [0.25, 0.3) is 5.91 Å². The van der Waals surface area contributed by atoms with Gasteiger partial charge >= 0.3 is 0 Å². The van der Waals surface area contributed by atoms with E-state index in [0.29, 0.717) is 6.42 Å². The average Bonchev–Trinajstić information content (AvgIpc) is 2.09. The van der Waals surface area contributed by atoms with Gasteiger partial charge in [-0.3, -0.25) is 4.79 Å². The monoisotopic (exact) mass is 161 g/mol. The van der Waals surface area contributed by atoms with E-state index in [2.05, 4.69) is 0 Å².